The molecule has 2 unspecified atom stereocenters. The third-order valence-electron chi connectivity index (χ3n) is 12.5. The van der Waals surface area contributed by atoms with Crippen molar-refractivity contribution < 1.29 is 37.6 Å². The number of carbonyl (C=O) groups is 2. The lowest BCUT2D eigenvalue weighted by molar-refractivity contribution is -0.161. The van der Waals surface area contributed by atoms with Crippen molar-refractivity contribution in [1.82, 2.24) is 0 Å². The number of rotatable bonds is 54. The summed E-state index contributed by atoms with van der Waals surface area (Å²) in [6.07, 6.45) is 63.8. The summed E-state index contributed by atoms with van der Waals surface area (Å²) >= 11 is 0. The molecule has 3 N–H and O–H groups in total. The van der Waals surface area contributed by atoms with Crippen LogP contribution in [-0.2, 0) is 32.7 Å². The van der Waals surface area contributed by atoms with Gasteiger partial charge in [0.1, 0.15) is 6.61 Å². The van der Waals surface area contributed by atoms with Crippen molar-refractivity contribution in [2.75, 3.05) is 26.4 Å². The molecule has 0 fully saturated rings. The smallest absolute Gasteiger partial charge is 0.462 e. The van der Waals surface area contributed by atoms with E-state index in [1.54, 1.807) is 0 Å². The zero-order valence-electron chi connectivity index (χ0n) is 43.9. The molecule has 2 atom stereocenters. The molecule has 0 bridgehead atoms. The molecule has 0 aromatic carbocycles. The predicted molar refractivity (Wildman–Crippen MR) is 284 cm³/mol. The lowest BCUT2D eigenvalue weighted by Gasteiger charge is -2.19. The minimum absolute atomic E-state index is 0.0559. The number of nitrogens with two attached hydrogens (primary N) is 1. The zero-order chi connectivity index (χ0) is 48.8. The van der Waals surface area contributed by atoms with Crippen LogP contribution >= 0.6 is 7.82 Å². The van der Waals surface area contributed by atoms with Crippen LogP contribution in [-0.4, -0.2) is 49.3 Å². The monoisotopic (exact) mass is 966 g/mol. The Kier molecular flexibility index (Phi) is 52.2. The largest absolute Gasteiger partial charge is 0.472 e. The van der Waals surface area contributed by atoms with E-state index in [4.69, 9.17) is 24.3 Å². The van der Waals surface area contributed by atoms with E-state index in [1.165, 1.54) is 205 Å². The van der Waals surface area contributed by atoms with Crippen molar-refractivity contribution in [1.29, 1.82) is 0 Å². The van der Waals surface area contributed by atoms with Crippen LogP contribution in [0.4, 0.5) is 0 Å². The van der Waals surface area contributed by atoms with Crippen LogP contribution in [0.25, 0.3) is 0 Å². The number of hydrogen-bond donors (Lipinski definition) is 2. The molecule has 67 heavy (non-hydrogen) atoms. The molecule has 0 heterocycles. The van der Waals surface area contributed by atoms with Crippen LogP contribution in [0.2, 0.25) is 0 Å². The van der Waals surface area contributed by atoms with Gasteiger partial charge in [0, 0.05) is 19.4 Å². The van der Waals surface area contributed by atoms with E-state index in [0.717, 1.165) is 44.9 Å². The quantitative estimate of drug-likeness (QED) is 0.0264. The Morgan fingerprint density at radius 1 is 0.448 bits per heavy atom. The Balaban J connectivity index is 3.73. The predicted octanol–water partition coefficient (Wildman–Crippen LogP) is 17.6. The molecule has 0 radical (unpaired) electrons. The van der Waals surface area contributed by atoms with E-state index in [0.29, 0.717) is 6.42 Å². The van der Waals surface area contributed by atoms with E-state index < -0.39 is 26.5 Å². The van der Waals surface area contributed by atoms with E-state index >= 15 is 0 Å². The van der Waals surface area contributed by atoms with Crippen molar-refractivity contribution in [3.63, 3.8) is 0 Å². The Morgan fingerprint density at radius 2 is 0.776 bits per heavy atom. The summed E-state index contributed by atoms with van der Waals surface area (Å²) in [5, 5.41) is 0. The maximum Gasteiger partial charge on any atom is 0.472 e. The highest BCUT2D eigenvalue weighted by molar-refractivity contribution is 7.47. The molecule has 394 valence electrons. The van der Waals surface area contributed by atoms with Crippen molar-refractivity contribution in [2.24, 2.45) is 5.73 Å². The first kappa shape index (κ1) is 65.2. The molecule has 0 aliphatic heterocycles. The summed E-state index contributed by atoms with van der Waals surface area (Å²) in [6, 6.07) is 0. The van der Waals surface area contributed by atoms with Gasteiger partial charge >= 0.3 is 19.8 Å². The number of esters is 2. The van der Waals surface area contributed by atoms with Gasteiger partial charge in [-0.05, 0) is 51.4 Å². The van der Waals surface area contributed by atoms with Gasteiger partial charge in [-0.1, -0.05) is 256 Å². The van der Waals surface area contributed by atoms with Gasteiger partial charge in [0.25, 0.3) is 0 Å². The Bertz CT molecular complexity index is 1190. The van der Waals surface area contributed by atoms with Crippen LogP contribution in [0.1, 0.15) is 284 Å². The van der Waals surface area contributed by atoms with E-state index in [9.17, 15) is 19.0 Å². The lowest BCUT2D eigenvalue weighted by Crippen LogP contribution is -2.29. The van der Waals surface area contributed by atoms with E-state index in [2.05, 4.69) is 50.3 Å². The molecule has 9 nitrogen and oxygen atoms in total. The molecule has 0 saturated carbocycles. The van der Waals surface area contributed by atoms with Crippen LogP contribution in [0.3, 0.4) is 0 Å². The fourth-order valence-corrected chi connectivity index (χ4v) is 9.06. The van der Waals surface area contributed by atoms with Gasteiger partial charge in [-0.15, -0.1) is 0 Å². The van der Waals surface area contributed by atoms with Gasteiger partial charge in [-0.25, -0.2) is 4.57 Å². The molecule has 0 aliphatic rings. The van der Waals surface area contributed by atoms with Crippen molar-refractivity contribution in [2.45, 2.75) is 290 Å². The number of allylic oxidation sites excluding steroid dienone is 6. The number of ether oxygens (including phenoxy) is 2. The molecular formula is C57H108NO8P. The normalized spacial score (nSPS) is 13.3. The maximum absolute atomic E-state index is 12.6. The molecule has 0 spiro atoms. The van der Waals surface area contributed by atoms with Crippen LogP contribution in [0.15, 0.2) is 36.5 Å². The number of hydrogen-bond acceptors (Lipinski definition) is 8. The molecule has 10 heteroatoms. The van der Waals surface area contributed by atoms with Gasteiger partial charge in [-0.2, -0.15) is 0 Å². The molecule has 0 saturated heterocycles. The molecule has 0 aromatic rings. The Hall–Kier alpha value is -1.77. The highest BCUT2D eigenvalue weighted by Crippen LogP contribution is 2.43. The fourth-order valence-electron chi connectivity index (χ4n) is 8.29. The highest BCUT2D eigenvalue weighted by atomic mass is 31.2. The Morgan fingerprint density at radius 3 is 1.15 bits per heavy atom. The third kappa shape index (κ3) is 53.4. The fraction of sp³-hybridized carbons (Fsp3) is 0.860. The van der Waals surface area contributed by atoms with Gasteiger partial charge in [0.2, 0.25) is 0 Å². The summed E-state index contributed by atoms with van der Waals surface area (Å²) in [5.41, 5.74) is 5.36. The van der Waals surface area contributed by atoms with Crippen LogP contribution in [0.5, 0.6) is 0 Å². The van der Waals surface area contributed by atoms with Gasteiger partial charge in [-0.3, -0.25) is 18.6 Å². The van der Waals surface area contributed by atoms with Crippen LogP contribution in [0, 0.1) is 0 Å². The number of unbranched alkanes of at least 4 members (excludes halogenated alkanes) is 35. The summed E-state index contributed by atoms with van der Waals surface area (Å²) in [6.45, 7) is 3.73. The average Bonchev–Trinajstić information content (AvgIpc) is 3.32. The van der Waals surface area contributed by atoms with Gasteiger partial charge < -0.3 is 20.1 Å². The minimum Gasteiger partial charge on any atom is -0.462 e. The van der Waals surface area contributed by atoms with E-state index in [-0.39, 0.29) is 38.6 Å². The lowest BCUT2D eigenvalue weighted by atomic mass is 10.0. The second kappa shape index (κ2) is 53.6. The second-order valence-corrected chi connectivity index (χ2v) is 20.6. The van der Waals surface area contributed by atoms with Crippen LogP contribution < -0.4 is 5.73 Å². The number of carbonyl (C=O) groups excluding carboxylic acids is 2. The minimum atomic E-state index is -4.37. The standard InChI is InChI=1S/C57H108NO8P/c1-3-5-7-9-11-13-14-15-16-17-18-19-20-21-22-23-24-25-26-27-28-29-30-31-32-33-34-35-36-37-38-39-40-42-44-46-48-50-57(60)66-55(54-65-67(61,62)64-52-51-58)53-63-56(59)49-47-45-43-41-12-10-8-6-4-2/h14-15,17-18,20-21,55H,3-13,16,19,22-54,58H2,1-2H3,(H,61,62)/b15-14-,18-17-,21-20-. The first-order chi connectivity index (χ1) is 32.8. The van der Waals surface area contributed by atoms with Crippen molar-refractivity contribution in [3.05, 3.63) is 36.5 Å². The summed E-state index contributed by atoms with van der Waals surface area (Å²) in [5.74, 6) is -0.818. The van der Waals surface area contributed by atoms with Gasteiger partial charge in [0.15, 0.2) is 6.10 Å². The Labute approximate surface area is 414 Å². The average molecular weight is 966 g/mol. The highest BCUT2D eigenvalue weighted by Gasteiger charge is 2.26. The van der Waals surface area contributed by atoms with Gasteiger partial charge in [0.05, 0.1) is 13.2 Å². The first-order valence-corrected chi connectivity index (χ1v) is 30.0. The van der Waals surface area contributed by atoms with E-state index in [1.807, 2.05) is 0 Å². The van der Waals surface area contributed by atoms with Crippen molar-refractivity contribution >= 4 is 19.8 Å². The SMILES string of the molecule is CCCCCCC/C=C\C/C=C\C/C=C\CCCCCCCCCCCCCCCCCCCCCCCCC(=O)OC(COC(=O)CCCCCCCCCCC)COP(=O)(O)OCCN. The summed E-state index contributed by atoms with van der Waals surface area (Å²) in [4.78, 5) is 34.9. The number of phosphoric acid groups is 1. The van der Waals surface area contributed by atoms with Crippen molar-refractivity contribution in [3.8, 4) is 0 Å². The molecule has 0 aliphatic carbocycles. The maximum atomic E-state index is 12.6. The first-order valence-electron chi connectivity index (χ1n) is 28.5. The topological polar surface area (TPSA) is 134 Å². The summed E-state index contributed by atoms with van der Waals surface area (Å²) < 4.78 is 32.8. The zero-order valence-corrected chi connectivity index (χ0v) is 44.8. The third-order valence-corrected chi connectivity index (χ3v) is 13.5. The summed E-state index contributed by atoms with van der Waals surface area (Å²) in [7, 11) is -4.37. The molecule has 0 rings (SSSR count). The second-order valence-electron chi connectivity index (χ2n) is 19.2. The molecule has 0 amide bonds. The number of phosphoric ester groups is 1. The molecular weight excluding hydrogens is 858 g/mol. The molecule has 0 aromatic heterocycles.